The summed E-state index contributed by atoms with van der Waals surface area (Å²) >= 11 is 0. The van der Waals surface area contributed by atoms with E-state index < -0.39 is 24.5 Å². The van der Waals surface area contributed by atoms with E-state index >= 15 is 0 Å². The molecule has 1 atom stereocenters. The number of aromatic hydroxyl groups is 1. The lowest BCUT2D eigenvalue weighted by molar-refractivity contribution is -0.149. The van der Waals surface area contributed by atoms with Crippen LogP contribution >= 0.6 is 0 Å². The zero-order chi connectivity index (χ0) is 13.5. The first-order valence-electron chi connectivity index (χ1n) is 5.16. The molecule has 0 saturated heterocycles. The summed E-state index contributed by atoms with van der Waals surface area (Å²) in [6, 6.07) is 5.39. The number of hydroxylamine groups is 1. The molecule has 7 heteroatoms. The van der Waals surface area contributed by atoms with Crippen LogP contribution in [-0.2, 0) is 20.8 Å². The van der Waals surface area contributed by atoms with Crippen molar-refractivity contribution in [1.29, 1.82) is 0 Å². The zero-order valence-electron chi connectivity index (χ0n) is 9.50. The summed E-state index contributed by atoms with van der Waals surface area (Å²) in [6.45, 7) is -0.627. The Kier molecular flexibility index (Phi) is 5.09. The van der Waals surface area contributed by atoms with Gasteiger partial charge in [0.25, 0.3) is 5.91 Å². The van der Waals surface area contributed by atoms with E-state index in [2.05, 4.69) is 4.84 Å². The Morgan fingerprint density at radius 3 is 2.50 bits per heavy atom. The number of hydrogen-bond donors (Lipinski definition) is 4. The normalized spacial score (nSPS) is 11.8. The summed E-state index contributed by atoms with van der Waals surface area (Å²) < 4.78 is 0. The summed E-state index contributed by atoms with van der Waals surface area (Å²) in [5.74, 6) is -1.67. The highest BCUT2D eigenvalue weighted by Gasteiger charge is 2.14. The Morgan fingerprint density at radius 2 is 1.94 bits per heavy atom. The van der Waals surface area contributed by atoms with E-state index in [0.29, 0.717) is 0 Å². The lowest BCUT2D eigenvalue weighted by Crippen LogP contribution is -2.42. The van der Waals surface area contributed by atoms with Crippen LogP contribution in [0, 0.1) is 0 Å². The van der Waals surface area contributed by atoms with E-state index in [1.54, 1.807) is 12.1 Å². The number of phenols is 1. The van der Waals surface area contributed by atoms with Gasteiger partial charge in [-0.25, -0.2) is 10.3 Å². The van der Waals surface area contributed by atoms with Gasteiger partial charge in [0.05, 0.1) is 6.04 Å². The Morgan fingerprint density at radius 1 is 1.33 bits per heavy atom. The lowest BCUT2D eigenvalue weighted by Gasteiger charge is -2.11. The van der Waals surface area contributed by atoms with E-state index in [0.717, 1.165) is 5.56 Å². The molecule has 0 fully saturated rings. The molecular weight excluding hydrogens is 240 g/mol. The second-order valence-corrected chi connectivity index (χ2v) is 3.63. The smallest absolute Gasteiger partial charge is 0.332 e. The van der Waals surface area contributed by atoms with Crippen LogP contribution in [0.3, 0.4) is 0 Å². The molecule has 0 unspecified atom stereocenters. The van der Waals surface area contributed by atoms with Gasteiger partial charge < -0.3 is 15.9 Å². The van der Waals surface area contributed by atoms with Crippen LogP contribution in [0.2, 0.25) is 0 Å². The van der Waals surface area contributed by atoms with Gasteiger partial charge in [-0.05, 0) is 24.1 Å². The number of carboxylic acids is 1. The molecule has 0 aliphatic rings. The predicted molar refractivity (Wildman–Crippen MR) is 61.5 cm³/mol. The Bertz CT molecular complexity index is 418. The third-order valence-electron chi connectivity index (χ3n) is 2.10. The summed E-state index contributed by atoms with van der Waals surface area (Å²) in [5, 5.41) is 17.4. The van der Waals surface area contributed by atoms with Crippen molar-refractivity contribution in [2.75, 3.05) is 6.61 Å². The fraction of sp³-hybridized carbons (Fsp3) is 0.273. The average Bonchev–Trinajstić information content (AvgIpc) is 2.31. The monoisotopic (exact) mass is 254 g/mol. The molecule has 98 valence electrons. The van der Waals surface area contributed by atoms with Gasteiger partial charge >= 0.3 is 5.97 Å². The number of nitrogens with two attached hydrogens (primary N) is 1. The van der Waals surface area contributed by atoms with Gasteiger partial charge in [0.1, 0.15) is 5.75 Å². The number of carboxylic acid groups (broad SMARTS) is 1. The molecule has 0 saturated carbocycles. The largest absolute Gasteiger partial charge is 0.508 e. The summed E-state index contributed by atoms with van der Waals surface area (Å²) in [4.78, 5) is 26.0. The van der Waals surface area contributed by atoms with Gasteiger partial charge in [0.2, 0.25) is 0 Å². The van der Waals surface area contributed by atoms with Crippen LogP contribution in [0.15, 0.2) is 24.3 Å². The maximum atomic E-state index is 11.4. The fourth-order valence-electron chi connectivity index (χ4n) is 1.22. The third kappa shape index (κ3) is 4.81. The van der Waals surface area contributed by atoms with Crippen molar-refractivity contribution in [3.05, 3.63) is 29.8 Å². The van der Waals surface area contributed by atoms with Gasteiger partial charge in [-0.2, -0.15) is 0 Å². The first kappa shape index (κ1) is 13.9. The number of aliphatic carboxylic acids is 1. The highest BCUT2D eigenvalue weighted by molar-refractivity contribution is 5.81. The van der Waals surface area contributed by atoms with Crippen LogP contribution in [0.25, 0.3) is 0 Å². The van der Waals surface area contributed by atoms with Crippen molar-refractivity contribution in [2.45, 2.75) is 12.5 Å². The summed E-state index contributed by atoms with van der Waals surface area (Å²) in [5.41, 5.74) is 8.33. The highest BCUT2D eigenvalue weighted by atomic mass is 16.7. The van der Waals surface area contributed by atoms with Crippen LogP contribution < -0.4 is 11.2 Å². The molecule has 0 aromatic heterocycles. The molecule has 0 heterocycles. The zero-order valence-corrected chi connectivity index (χ0v) is 9.50. The molecule has 0 aliphatic heterocycles. The molecular formula is C11H14N2O5. The Balaban J connectivity index is 2.39. The minimum Gasteiger partial charge on any atom is -0.508 e. The minimum absolute atomic E-state index is 0.126. The number of rotatable bonds is 6. The second kappa shape index (κ2) is 6.58. The number of carbonyl (C=O) groups excluding carboxylic acids is 1. The molecule has 18 heavy (non-hydrogen) atoms. The number of hydrogen-bond acceptors (Lipinski definition) is 5. The molecule has 0 bridgehead atoms. The van der Waals surface area contributed by atoms with Crippen molar-refractivity contribution in [3.8, 4) is 5.75 Å². The first-order chi connectivity index (χ1) is 8.49. The molecule has 7 nitrogen and oxygen atoms in total. The van der Waals surface area contributed by atoms with E-state index in [1.165, 1.54) is 12.1 Å². The van der Waals surface area contributed by atoms with Gasteiger partial charge in [-0.1, -0.05) is 12.1 Å². The van der Waals surface area contributed by atoms with Crippen molar-refractivity contribution >= 4 is 11.9 Å². The fourth-order valence-corrected chi connectivity index (χ4v) is 1.22. The number of phenolic OH excluding ortho intramolecular Hbond substituents is 1. The molecule has 1 aromatic rings. The quantitative estimate of drug-likeness (QED) is 0.502. The maximum Gasteiger partial charge on any atom is 0.332 e. The molecule has 0 spiro atoms. The summed E-state index contributed by atoms with van der Waals surface area (Å²) in [6.07, 6.45) is 0.253. The molecule has 1 aromatic carbocycles. The van der Waals surface area contributed by atoms with Crippen LogP contribution in [0.4, 0.5) is 0 Å². The van der Waals surface area contributed by atoms with Crippen LogP contribution in [0.1, 0.15) is 5.56 Å². The van der Waals surface area contributed by atoms with E-state index in [-0.39, 0.29) is 12.2 Å². The lowest BCUT2D eigenvalue weighted by atomic mass is 10.1. The highest BCUT2D eigenvalue weighted by Crippen LogP contribution is 2.10. The predicted octanol–water partition coefficient (Wildman–Crippen LogP) is -0.606. The van der Waals surface area contributed by atoms with Crippen molar-refractivity contribution in [1.82, 2.24) is 5.48 Å². The van der Waals surface area contributed by atoms with E-state index in [9.17, 15) is 9.59 Å². The standard InChI is InChI=1S/C11H14N2O5/c12-9(11(17)13-18-6-10(15)16)5-7-1-3-8(14)4-2-7/h1-4,9,14H,5-6,12H2,(H,13,17)(H,15,16)/t9-/m0/s1. The number of amides is 1. The van der Waals surface area contributed by atoms with E-state index in [1.807, 2.05) is 5.48 Å². The van der Waals surface area contributed by atoms with Gasteiger partial charge in [-0.3, -0.25) is 9.63 Å². The number of carbonyl (C=O) groups is 2. The van der Waals surface area contributed by atoms with Crippen molar-refractivity contribution in [3.63, 3.8) is 0 Å². The van der Waals surface area contributed by atoms with Crippen LogP contribution in [0.5, 0.6) is 5.75 Å². The Hall–Kier alpha value is -2.12. The molecule has 1 amide bonds. The molecule has 5 N–H and O–H groups in total. The first-order valence-corrected chi connectivity index (χ1v) is 5.16. The second-order valence-electron chi connectivity index (χ2n) is 3.63. The molecule has 1 rings (SSSR count). The summed E-state index contributed by atoms with van der Waals surface area (Å²) in [7, 11) is 0. The van der Waals surface area contributed by atoms with Crippen LogP contribution in [-0.4, -0.2) is 34.7 Å². The number of nitrogens with one attached hydrogen (secondary N) is 1. The van der Waals surface area contributed by atoms with Gasteiger partial charge in [0.15, 0.2) is 6.61 Å². The van der Waals surface area contributed by atoms with E-state index in [4.69, 9.17) is 15.9 Å². The van der Waals surface area contributed by atoms with Crippen molar-refractivity contribution < 1.29 is 24.6 Å². The third-order valence-corrected chi connectivity index (χ3v) is 2.10. The average molecular weight is 254 g/mol. The van der Waals surface area contributed by atoms with Gasteiger partial charge in [0, 0.05) is 0 Å². The molecule has 0 radical (unpaired) electrons. The van der Waals surface area contributed by atoms with Crippen molar-refractivity contribution in [2.24, 2.45) is 5.73 Å². The SMILES string of the molecule is N[C@@H](Cc1ccc(O)cc1)C(=O)NOCC(=O)O. The Labute approximate surface area is 103 Å². The van der Waals surface area contributed by atoms with Gasteiger partial charge in [-0.15, -0.1) is 0 Å². The topological polar surface area (TPSA) is 122 Å². The maximum absolute atomic E-state index is 11.4. The minimum atomic E-state index is -1.19. The number of benzene rings is 1. The molecule has 0 aliphatic carbocycles.